The molecule has 0 radical (unpaired) electrons. The second-order valence-corrected chi connectivity index (χ2v) is 8.68. The van der Waals surface area contributed by atoms with Crippen LogP contribution in [0.3, 0.4) is 0 Å². The number of rotatable bonds is 3. The van der Waals surface area contributed by atoms with Gasteiger partial charge in [-0.25, -0.2) is 9.78 Å². The summed E-state index contributed by atoms with van der Waals surface area (Å²) in [5, 5.41) is 3.71. The number of nitrogens with zero attached hydrogens (tertiary/aromatic N) is 2. The van der Waals surface area contributed by atoms with Crippen LogP contribution in [0.1, 0.15) is 20.8 Å². The highest BCUT2D eigenvalue weighted by molar-refractivity contribution is 7.21. The second-order valence-electron chi connectivity index (χ2n) is 7.65. The minimum Gasteiger partial charge on any atom is -0.444 e. The number of ether oxygens (including phenoxy) is 1. The van der Waals surface area contributed by atoms with Gasteiger partial charge in [-0.15, -0.1) is 11.3 Å². The van der Waals surface area contributed by atoms with Gasteiger partial charge in [-0.05, 0) is 56.2 Å². The number of nitrogens with one attached hydrogen (secondary N) is 1. The van der Waals surface area contributed by atoms with E-state index in [-0.39, 0.29) is 0 Å². The molecular formula is C23H21N3O2S. The van der Waals surface area contributed by atoms with E-state index in [2.05, 4.69) is 34.6 Å². The molecule has 0 saturated carbocycles. The van der Waals surface area contributed by atoms with E-state index in [0.717, 1.165) is 31.9 Å². The molecule has 29 heavy (non-hydrogen) atoms. The fourth-order valence-corrected chi connectivity index (χ4v) is 3.90. The van der Waals surface area contributed by atoms with E-state index in [9.17, 15) is 4.79 Å². The summed E-state index contributed by atoms with van der Waals surface area (Å²) in [4.78, 5) is 20.9. The average Bonchev–Trinajstić information content (AvgIpc) is 3.11. The maximum atomic E-state index is 12.0. The molecule has 1 amide bonds. The van der Waals surface area contributed by atoms with E-state index in [1.165, 1.54) is 0 Å². The zero-order chi connectivity index (χ0) is 20.4. The summed E-state index contributed by atoms with van der Waals surface area (Å²) in [5.74, 6) is 0. The van der Waals surface area contributed by atoms with Crippen LogP contribution in [-0.2, 0) is 4.74 Å². The Morgan fingerprint density at radius 2 is 1.76 bits per heavy atom. The van der Waals surface area contributed by atoms with Crippen LogP contribution < -0.4 is 5.32 Å². The Balaban J connectivity index is 1.55. The molecule has 146 valence electrons. The highest BCUT2D eigenvalue weighted by Gasteiger charge is 2.16. The molecule has 4 rings (SSSR count). The van der Waals surface area contributed by atoms with Crippen molar-refractivity contribution >= 4 is 33.3 Å². The summed E-state index contributed by atoms with van der Waals surface area (Å²) in [6, 6.07) is 17.9. The van der Waals surface area contributed by atoms with E-state index in [0.29, 0.717) is 5.69 Å². The van der Waals surface area contributed by atoms with Gasteiger partial charge < -0.3 is 4.74 Å². The Kier molecular flexibility index (Phi) is 5.03. The van der Waals surface area contributed by atoms with Gasteiger partial charge in [0, 0.05) is 23.6 Å². The average molecular weight is 404 g/mol. The molecule has 1 N–H and O–H groups in total. The van der Waals surface area contributed by atoms with Crippen LogP contribution in [-0.4, -0.2) is 21.7 Å². The Labute approximate surface area is 173 Å². The zero-order valence-electron chi connectivity index (χ0n) is 16.5. The van der Waals surface area contributed by atoms with Crippen LogP contribution in [0.15, 0.2) is 67.0 Å². The maximum absolute atomic E-state index is 12.0. The number of carbonyl (C=O) groups excluding carboxylic acids is 1. The normalized spacial score (nSPS) is 11.4. The lowest BCUT2D eigenvalue weighted by Gasteiger charge is -2.19. The molecule has 0 saturated heterocycles. The fourth-order valence-electron chi connectivity index (χ4n) is 2.89. The molecule has 0 fully saturated rings. The van der Waals surface area contributed by atoms with Crippen molar-refractivity contribution in [3.05, 3.63) is 67.0 Å². The first-order valence-corrected chi connectivity index (χ1v) is 10.1. The van der Waals surface area contributed by atoms with E-state index >= 15 is 0 Å². The molecule has 4 aromatic rings. The number of thiazole rings is 1. The van der Waals surface area contributed by atoms with Crippen LogP contribution in [0.2, 0.25) is 0 Å². The predicted octanol–water partition coefficient (Wildman–Crippen LogP) is 6.37. The monoisotopic (exact) mass is 403 g/mol. The lowest BCUT2D eigenvalue weighted by atomic mass is 10.1. The standard InChI is InChI=1S/C23H21N3O2S/c1-23(2,3)28-22(27)25-18-10-11-19-20(13-18)29-21(26-19)16-8-6-15(7-9-16)17-5-4-12-24-14-17/h4-14H,1-3H3,(H,25,27). The molecule has 2 aromatic carbocycles. The highest BCUT2D eigenvalue weighted by atomic mass is 32.1. The number of carbonyl (C=O) groups is 1. The first-order valence-electron chi connectivity index (χ1n) is 9.29. The third-order valence-corrected chi connectivity index (χ3v) is 5.23. The van der Waals surface area contributed by atoms with Crippen LogP contribution in [0.4, 0.5) is 10.5 Å². The van der Waals surface area contributed by atoms with Crippen molar-refractivity contribution in [2.75, 3.05) is 5.32 Å². The van der Waals surface area contributed by atoms with Gasteiger partial charge in [0.15, 0.2) is 0 Å². The van der Waals surface area contributed by atoms with Gasteiger partial charge in [-0.1, -0.05) is 30.3 Å². The molecule has 2 aromatic heterocycles. The number of aromatic nitrogens is 2. The number of pyridine rings is 1. The summed E-state index contributed by atoms with van der Waals surface area (Å²) in [6.07, 6.45) is 3.16. The van der Waals surface area contributed by atoms with Crippen molar-refractivity contribution < 1.29 is 9.53 Å². The first kappa shape index (κ1) is 19.1. The largest absolute Gasteiger partial charge is 0.444 e. The highest BCUT2D eigenvalue weighted by Crippen LogP contribution is 2.33. The number of hydrogen-bond acceptors (Lipinski definition) is 5. The van der Waals surface area contributed by atoms with E-state index in [1.54, 1.807) is 17.5 Å². The van der Waals surface area contributed by atoms with Crippen LogP contribution >= 0.6 is 11.3 Å². The number of anilines is 1. The Morgan fingerprint density at radius 3 is 2.45 bits per heavy atom. The lowest BCUT2D eigenvalue weighted by Crippen LogP contribution is -2.27. The molecule has 2 heterocycles. The Bertz CT molecular complexity index is 1150. The number of benzene rings is 2. The van der Waals surface area contributed by atoms with Crippen LogP contribution in [0.5, 0.6) is 0 Å². The van der Waals surface area contributed by atoms with Crippen LogP contribution in [0, 0.1) is 0 Å². The van der Waals surface area contributed by atoms with Gasteiger partial charge in [-0.2, -0.15) is 0 Å². The van der Waals surface area contributed by atoms with E-state index < -0.39 is 11.7 Å². The molecule has 6 heteroatoms. The summed E-state index contributed by atoms with van der Waals surface area (Å²) in [5.41, 5.74) is 4.31. The fraction of sp³-hybridized carbons (Fsp3) is 0.174. The number of amides is 1. The van der Waals surface area contributed by atoms with Crippen molar-refractivity contribution in [3.8, 4) is 21.7 Å². The molecule has 0 unspecified atom stereocenters. The third kappa shape index (κ3) is 4.60. The molecule has 0 aliphatic carbocycles. The third-order valence-electron chi connectivity index (χ3n) is 4.16. The number of hydrogen-bond donors (Lipinski definition) is 1. The quantitative estimate of drug-likeness (QED) is 0.431. The van der Waals surface area contributed by atoms with Gasteiger partial charge in [0.1, 0.15) is 10.6 Å². The molecule has 0 spiro atoms. The molecule has 0 atom stereocenters. The molecule has 5 nitrogen and oxygen atoms in total. The van der Waals surface area contributed by atoms with Crippen molar-refractivity contribution in [2.24, 2.45) is 0 Å². The second kappa shape index (κ2) is 7.64. The van der Waals surface area contributed by atoms with Gasteiger partial charge in [-0.3, -0.25) is 10.3 Å². The molecule has 0 bridgehead atoms. The Morgan fingerprint density at radius 1 is 1.00 bits per heavy atom. The van der Waals surface area contributed by atoms with Crippen molar-refractivity contribution in [3.63, 3.8) is 0 Å². The molecular weight excluding hydrogens is 382 g/mol. The summed E-state index contributed by atoms with van der Waals surface area (Å²) in [6.45, 7) is 5.51. The first-order chi connectivity index (χ1) is 13.9. The van der Waals surface area contributed by atoms with Gasteiger partial charge in [0.05, 0.1) is 10.2 Å². The minimum absolute atomic E-state index is 0.465. The number of fused-ring (bicyclic) bond motifs is 1. The smallest absolute Gasteiger partial charge is 0.412 e. The lowest BCUT2D eigenvalue weighted by molar-refractivity contribution is 0.0636. The Hall–Kier alpha value is -3.25. The summed E-state index contributed by atoms with van der Waals surface area (Å²) in [7, 11) is 0. The zero-order valence-corrected chi connectivity index (χ0v) is 17.3. The van der Waals surface area contributed by atoms with E-state index in [4.69, 9.17) is 9.72 Å². The van der Waals surface area contributed by atoms with Gasteiger partial charge in [0.2, 0.25) is 0 Å². The minimum atomic E-state index is -0.534. The van der Waals surface area contributed by atoms with Crippen LogP contribution in [0.25, 0.3) is 31.9 Å². The van der Waals surface area contributed by atoms with E-state index in [1.807, 2.05) is 57.3 Å². The molecule has 0 aliphatic heterocycles. The SMILES string of the molecule is CC(C)(C)OC(=O)Nc1ccc2nc(-c3ccc(-c4cccnc4)cc3)sc2c1. The summed E-state index contributed by atoms with van der Waals surface area (Å²) < 4.78 is 6.31. The maximum Gasteiger partial charge on any atom is 0.412 e. The van der Waals surface area contributed by atoms with Gasteiger partial charge >= 0.3 is 6.09 Å². The van der Waals surface area contributed by atoms with Gasteiger partial charge in [0.25, 0.3) is 0 Å². The summed E-state index contributed by atoms with van der Waals surface area (Å²) >= 11 is 1.59. The van der Waals surface area contributed by atoms with Crippen molar-refractivity contribution in [1.29, 1.82) is 0 Å². The predicted molar refractivity (Wildman–Crippen MR) is 118 cm³/mol. The topological polar surface area (TPSA) is 64.1 Å². The van der Waals surface area contributed by atoms with Crippen molar-refractivity contribution in [2.45, 2.75) is 26.4 Å². The molecule has 0 aliphatic rings. The van der Waals surface area contributed by atoms with Crippen molar-refractivity contribution in [1.82, 2.24) is 9.97 Å².